The van der Waals surface area contributed by atoms with Gasteiger partial charge in [0.2, 0.25) is 0 Å². The number of carboxylic acids is 1. The van der Waals surface area contributed by atoms with E-state index in [0.29, 0.717) is 30.1 Å². The van der Waals surface area contributed by atoms with Crippen molar-refractivity contribution in [1.82, 2.24) is 0 Å². The molecule has 0 saturated carbocycles. The molecule has 1 rings (SSSR count). The van der Waals surface area contributed by atoms with Crippen LogP contribution < -0.4 is 4.74 Å². The smallest absolute Gasteiger partial charge is 0.335 e. The molecule has 0 saturated heterocycles. The van der Waals surface area contributed by atoms with Crippen molar-refractivity contribution in [3.63, 3.8) is 0 Å². The fourth-order valence-electron chi connectivity index (χ4n) is 1.43. The van der Waals surface area contributed by atoms with Gasteiger partial charge in [0.15, 0.2) is 0 Å². The number of aryl methyl sites for hydroxylation is 1. The van der Waals surface area contributed by atoms with Crippen molar-refractivity contribution in [3.8, 4) is 5.75 Å². The first-order chi connectivity index (χ1) is 8.15. The summed E-state index contributed by atoms with van der Waals surface area (Å²) in [6.07, 6.45) is 0.992. The maximum Gasteiger partial charge on any atom is 0.335 e. The van der Waals surface area contributed by atoms with Gasteiger partial charge in [-0.2, -0.15) is 0 Å². The molecule has 0 unspecified atom stereocenters. The molecule has 0 fully saturated rings. The van der Waals surface area contributed by atoms with Crippen molar-refractivity contribution in [2.75, 3.05) is 19.8 Å². The lowest BCUT2D eigenvalue weighted by atomic mass is 10.1. The van der Waals surface area contributed by atoms with E-state index in [4.69, 9.17) is 14.6 Å². The molecule has 1 aromatic carbocycles. The maximum absolute atomic E-state index is 10.8. The lowest BCUT2D eigenvalue weighted by Crippen LogP contribution is -2.07. The Morgan fingerprint density at radius 1 is 1.29 bits per heavy atom. The molecule has 0 heterocycles. The summed E-state index contributed by atoms with van der Waals surface area (Å²) in [5, 5.41) is 8.87. The number of aromatic carboxylic acids is 1. The molecule has 4 nitrogen and oxygen atoms in total. The number of hydrogen-bond acceptors (Lipinski definition) is 3. The molecule has 0 aromatic heterocycles. The standard InChI is InChI=1S/C13H18O4/c1-3-6-16-7-8-17-11-4-5-12(13(14)15)10(2)9-11/h4-5,9H,3,6-8H2,1-2H3,(H,14,15). The molecule has 17 heavy (non-hydrogen) atoms. The number of rotatable bonds is 7. The molecule has 0 atom stereocenters. The predicted octanol–water partition coefficient (Wildman–Crippen LogP) is 2.50. The monoisotopic (exact) mass is 238 g/mol. The third-order valence-electron chi connectivity index (χ3n) is 2.27. The zero-order chi connectivity index (χ0) is 12.7. The van der Waals surface area contributed by atoms with Gasteiger partial charge in [-0.3, -0.25) is 0 Å². The van der Waals surface area contributed by atoms with Crippen molar-refractivity contribution >= 4 is 5.97 Å². The molecule has 0 spiro atoms. The van der Waals surface area contributed by atoms with Crippen molar-refractivity contribution < 1.29 is 19.4 Å². The largest absolute Gasteiger partial charge is 0.491 e. The summed E-state index contributed by atoms with van der Waals surface area (Å²) in [6.45, 7) is 5.57. The van der Waals surface area contributed by atoms with Crippen LogP contribution in [0.4, 0.5) is 0 Å². The second-order valence-corrected chi connectivity index (χ2v) is 3.74. The van der Waals surface area contributed by atoms with Crippen LogP contribution in [0.2, 0.25) is 0 Å². The van der Waals surface area contributed by atoms with Crippen molar-refractivity contribution in [1.29, 1.82) is 0 Å². The van der Waals surface area contributed by atoms with Crippen LogP contribution in [0.15, 0.2) is 18.2 Å². The van der Waals surface area contributed by atoms with E-state index in [9.17, 15) is 4.79 Å². The Morgan fingerprint density at radius 3 is 2.65 bits per heavy atom. The highest BCUT2D eigenvalue weighted by Gasteiger charge is 2.07. The number of benzene rings is 1. The van der Waals surface area contributed by atoms with Crippen LogP contribution in [0, 0.1) is 6.92 Å². The highest BCUT2D eigenvalue weighted by atomic mass is 16.5. The summed E-state index contributed by atoms with van der Waals surface area (Å²) in [4.78, 5) is 10.8. The molecular weight excluding hydrogens is 220 g/mol. The Bertz CT molecular complexity index is 374. The van der Waals surface area contributed by atoms with Gasteiger partial charge in [-0.15, -0.1) is 0 Å². The molecule has 0 aliphatic heterocycles. The van der Waals surface area contributed by atoms with Gasteiger partial charge < -0.3 is 14.6 Å². The first kappa shape index (κ1) is 13.5. The number of ether oxygens (including phenoxy) is 2. The Labute approximate surface area is 101 Å². The van der Waals surface area contributed by atoms with E-state index >= 15 is 0 Å². The van der Waals surface area contributed by atoms with E-state index in [1.165, 1.54) is 0 Å². The number of carbonyl (C=O) groups is 1. The zero-order valence-corrected chi connectivity index (χ0v) is 10.2. The van der Waals surface area contributed by atoms with E-state index in [0.717, 1.165) is 13.0 Å². The van der Waals surface area contributed by atoms with Crippen LogP contribution >= 0.6 is 0 Å². The Morgan fingerprint density at radius 2 is 2.06 bits per heavy atom. The summed E-state index contributed by atoms with van der Waals surface area (Å²) < 4.78 is 10.7. The lowest BCUT2D eigenvalue weighted by molar-refractivity contribution is 0.0696. The van der Waals surface area contributed by atoms with E-state index in [1.807, 2.05) is 0 Å². The second-order valence-electron chi connectivity index (χ2n) is 3.74. The van der Waals surface area contributed by atoms with E-state index in [2.05, 4.69) is 6.92 Å². The van der Waals surface area contributed by atoms with Crippen LogP contribution in [0.5, 0.6) is 5.75 Å². The van der Waals surface area contributed by atoms with E-state index in [1.54, 1.807) is 25.1 Å². The molecular formula is C13H18O4. The lowest BCUT2D eigenvalue weighted by Gasteiger charge is -2.08. The van der Waals surface area contributed by atoms with Crippen LogP contribution in [0.3, 0.4) is 0 Å². The molecule has 0 aliphatic carbocycles. The Kier molecular flexibility index (Phi) is 5.49. The Balaban J connectivity index is 2.45. The fraction of sp³-hybridized carbons (Fsp3) is 0.462. The third kappa shape index (κ3) is 4.44. The molecule has 94 valence electrons. The molecule has 4 heteroatoms. The topological polar surface area (TPSA) is 55.8 Å². The highest BCUT2D eigenvalue weighted by molar-refractivity contribution is 5.89. The third-order valence-corrected chi connectivity index (χ3v) is 2.27. The summed E-state index contributed by atoms with van der Waals surface area (Å²) in [5.74, 6) is -0.243. The number of carboxylic acid groups (broad SMARTS) is 1. The summed E-state index contributed by atoms with van der Waals surface area (Å²) in [5.41, 5.74) is 1.00. The molecule has 1 aromatic rings. The molecule has 0 amide bonds. The van der Waals surface area contributed by atoms with Crippen LogP contribution in [-0.4, -0.2) is 30.9 Å². The van der Waals surface area contributed by atoms with Gasteiger partial charge >= 0.3 is 5.97 Å². The molecule has 0 aliphatic rings. The second kappa shape index (κ2) is 6.91. The highest BCUT2D eigenvalue weighted by Crippen LogP contribution is 2.17. The maximum atomic E-state index is 10.8. The molecule has 1 N–H and O–H groups in total. The van der Waals surface area contributed by atoms with Crippen LogP contribution in [0.25, 0.3) is 0 Å². The van der Waals surface area contributed by atoms with Gasteiger partial charge in [0.1, 0.15) is 12.4 Å². The first-order valence-corrected chi connectivity index (χ1v) is 5.69. The molecule has 0 bridgehead atoms. The summed E-state index contributed by atoms with van der Waals surface area (Å²) >= 11 is 0. The normalized spacial score (nSPS) is 10.2. The van der Waals surface area contributed by atoms with Gasteiger partial charge in [0, 0.05) is 6.61 Å². The van der Waals surface area contributed by atoms with Crippen LogP contribution in [0.1, 0.15) is 29.3 Å². The van der Waals surface area contributed by atoms with Crippen LogP contribution in [-0.2, 0) is 4.74 Å². The number of hydrogen-bond donors (Lipinski definition) is 1. The zero-order valence-electron chi connectivity index (χ0n) is 10.2. The quantitative estimate of drug-likeness (QED) is 0.741. The minimum Gasteiger partial charge on any atom is -0.491 e. The minimum absolute atomic E-state index is 0.305. The minimum atomic E-state index is -0.916. The summed E-state index contributed by atoms with van der Waals surface area (Å²) in [7, 11) is 0. The van der Waals surface area contributed by atoms with Crippen molar-refractivity contribution in [3.05, 3.63) is 29.3 Å². The van der Waals surface area contributed by atoms with E-state index < -0.39 is 5.97 Å². The van der Waals surface area contributed by atoms with Crippen molar-refractivity contribution in [2.45, 2.75) is 20.3 Å². The molecule has 0 radical (unpaired) electrons. The SMILES string of the molecule is CCCOCCOc1ccc(C(=O)O)c(C)c1. The van der Waals surface area contributed by atoms with Gasteiger partial charge in [-0.1, -0.05) is 6.92 Å². The average molecular weight is 238 g/mol. The first-order valence-electron chi connectivity index (χ1n) is 5.69. The summed E-state index contributed by atoms with van der Waals surface area (Å²) in [6, 6.07) is 4.94. The van der Waals surface area contributed by atoms with Gasteiger partial charge in [-0.25, -0.2) is 4.79 Å². The average Bonchev–Trinajstić information content (AvgIpc) is 2.28. The van der Waals surface area contributed by atoms with Crippen molar-refractivity contribution in [2.24, 2.45) is 0 Å². The predicted molar refractivity (Wildman–Crippen MR) is 64.7 cm³/mol. The van der Waals surface area contributed by atoms with Gasteiger partial charge in [-0.05, 0) is 37.1 Å². The fourth-order valence-corrected chi connectivity index (χ4v) is 1.43. The Hall–Kier alpha value is -1.55. The van der Waals surface area contributed by atoms with E-state index in [-0.39, 0.29) is 0 Å². The van der Waals surface area contributed by atoms with Gasteiger partial charge in [0.05, 0.1) is 12.2 Å². The van der Waals surface area contributed by atoms with Gasteiger partial charge in [0.25, 0.3) is 0 Å².